The van der Waals surface area contributed by atoms with Crippen LogP contribution in [0, 0.1) is 5.41 Å². The van der Waals surface area contributed by atoms with Crippen molar-refractivity contribution in [3.05, 3.63) is 29.3 Å². The molecule has 0 aliphatic rings. The van der Waals surface area contributed by atoms with Gasteiger partial charge in [-0.05, 0) is 26.0 Å². The van der Waals surface area contributed by atoms with Gasteiger partial charge in [0.2, 0.25) is 5.91 Å². The lowest BCUT2D eigenvalue weighted by molar-refractivity contribution is -0.129. The van der Waals surface area contributed by atoms with Crippen LogP contribution in [0.3, 0.4) is 0 Å². The average molecular weight is 300 g/mol. The fourth-order valence-electron chi connectivity index (χ4n) is 1.48. The van der Waals surface area contributed by atoms with Gasteiger partial charge in [0, 0.05) is 6.54 Å². The predicted molar refractivity (Wildman–Crippen MR) is 81.6 cm³/mol. The van der Waals surface area contributed by atoms with Crippen molar-refractivity contribution in [2.45, 2.75) is 20.4 Å². The van der Waals surface area contributed by atoms with Gasteiger partial charge in [-0.1, -0.05) is 12.1 Å². The van der Waals surface area contributed by atoms with Gasteiger partial charge in [-0.2, -0.15) is 0 Å². The fourth-order valence-corrected chi connectivity index (χ4v) is 2.39. The second-order valence-electron chi connectivity index (χ2n) is 4.85. The number of hydrogen-bond donors (Lipinski definition) is 2. The number of thiazole rings is 1. The van der Waals surface area contributed by atoms with E-state index in [1.165, 1.54) is 0 Å². The second-order valence-corrected chi connectivity index (χ2v) is 5.96. The van der Waals surface area contributed by atoms with E-state index in [-0.39, 0.29) is 18.3 Å². The van der Waals surface area contributed by atoms with E-state index in [9.17, 15) is 4.79 Å². The molecule has 0 spiro atoms. The van der Waals surface area contributed by atoms with Crippen molar-refractivity contribution in [2.24, 2.45) is 11.1 Å². The number of para-hydroxylation sites is 1. The third-order valence-electron chi connectivity index (χ3n) is 2.86. The monoisotopic (exact) mass is 299 g/mol. The minimum atomic E-state index is -0.531. The summed E-state index contributed by atoms with van der Waals surface area (Å²) < 4.78 is 1.14. The first kappa shape index (κ1) is 15.9. The summed E-state index contributed by atoms with van der Waals surface area (Å²) in [6, 6.07) is 7.95. The molecule has 4 nitrogen and oxygen atoms in total. The Kier molecular flexibility index (Phi) is 5.29. The SMILES string of the molecule is CC(C)(CN)C(=O)NCc1nc2ccccc2s1.Cl. The van der Waals surface area contributed by atoms with Gasteiger partial charge in [0.25, 0.3) is 0 Å². The number of fused-ring (bicyclic) bond motifs is 1. The van der Waals surface area contributed by atoms with Crippen molar-refractivity contribution in [1.82, 2.24) is 10.3 Å². The topological polar surface area (TPSA) is 68.0 Å². The highest BCUT2D eigenvalue weighted by atomic mass is 35.5. The van der Waals surface area contributed by atoms with Crippen LogP contribution in [0.2, 0.25) is 0 Å². The zero-order valence-electron chi connectivity index (χ0n) is 11.0. The van der Waals surface area contributed by atoms with Crippen molar-refractivity contribution in [3.8, 4) is 0 Å². The quantitative estimate of drug-likeness (QED) is 0.910. The molecule has 0 fully saturated rings. The van der Waals surface area contributed by atoms with Gasteiger partial charge in [0.1, 0.15) is 5.01 Å². The molecule has 0 atom stereocenters. The van der Waals surface area contributed by atoms with Gasteiger partial charge in [-0.15, -0.1) is 23.7 Å². The maximum absolute atomic E-state index is 11.9. The minimum Gasteiger partial charge on any atom is -0.349 e. The molecule has 1 amide bonds. The van der Waals surface area contributed by atoms with Gasteiger partial charge in [-0.25, -0.2) is 4.98 Å². The average Bonchev–Trinajstić information content (AvgIpc) is 2.78. The van der Waals surface area contributed by atoms with E-state index in [0.717, 1.165) is 15.2 Å². The molecule has 0 bridgehead atoms. The van der Waals surface area contributed by atoms with E-state index in [2.05, 4.69) is 10.3 Å². The number of nitrogens with zero attached hydrogens (tertiary/aromatic N) is 1. The molecule has 1 aromatic carbocycles. The van der Waals surface area contributed by atoms with Crippen LogP contribution in [0.25, 0.3) is 10.2 Å². The highest BCUT2D eigenvalue weighted by Crippen LogP contribution is 2.21. The number of carbonyl (C=O) groups is 1. The van der Waals surface area contributed by atoms with E-state index in [0.29, 0.717) is 13.1 Å². The number of nitrogens with one attached hydrogen (secondary N) is 1. The fraction of sp³-hybridized carbons (Fsp3) is 0.385. The predicted octanol–water partition coefficient (Wildman–Crippen LogP) is 2.32. The highest BCUT2D eigenvalue weighted by molar-refractivity contribution is 7.18. The number of aromatic nitrogens is 1. The summed E-state index contributed by atoms with van der Waals surface area (Å²) in [5, 5.41) is 3.79. The van der Waals surface area contributed by atoms with Crippen molar-refractivity contribution in [2.75, 3.05) is 6.54 Å². The number of carbonyl (C=O) groups excluding carboxylic acids is 1. The Labute approximate surface area is 122 Å². The lowest BCUT2D eigenvalue weighted by Gasteiger charge is -2.20. The van der Waals surface area contributed by atoms with E-state index in [4.69, 9.17) is 5.73 Å². The molecule has 104 valence electrons. The zero-order valence-corrected chi connectivity index (χ0v) is 12.6. The van der Waals surface area contributed by atoms with Crippen molar-refractivity contribution in [3.63, 3.8) is 0 Å². The Hall–Kier alpha value is -1.17. The summed E-state index contributed by atoms with van der Waals surface area (Å²) in [5.41, 5.74) is 6.01. The molecule has 0 aliphatic heterocycles. The highest BCUT2D eigenvalue weighted by Gasteiger charge is 2.25. The van der Waals surface area contributed by atoms with Crippen molar-refractivity contribution >= 4 is 39.9 Å². The smallest absolute Gasteiger partial charge is 0.227 e. The van der Waals surface area contributed by atoms with E-state index < -0.39 is 5.41 Å². The number of benzene rings is 1. The van der Waals surface area contributed by atoms with Gasteiger partial charge in [0.15, 0.2) is 0 Å². The van der Waals surface area contributed by atoms with Crippen LogP contribution in [0.15, 0.2) is 24.3 Å². The molecular weight excluding hydrogens is 282 g/mol. The van der Waals surface area contributed by atoms with Gasteiger partial charge < -0.3 is 11.1 Å². The first-order chi connectivity index (χ1) is 8.53. The van der Waals surface area contributed by atoms with Crippen LogP contribution >= 0.6 is 23.7 Å². The van der Waals surface area contributed by atoms with Crippen LogP contribution in [-0.2, 0) is 11.3 Å². The molecule has 1 heterocycles. The first-order valence-electron chi connectivity index (χ1n) is 5.86. The normalized spacial score (nSPS) is 11.1. The number of halogens is 1. The number of hydrogen-bond acceptors (Lipinski definition) is 4. The Morgan fingerprint density at radius 1 is 1.42 bits per heavy atom. The van der Waals surface area contributed by atoms with Crippen LogP contribution in [-0.4, -0.2) is 17.4 Å². The molecule has 0 unspecified atom stereocenters. The molecule has 6 heteroatoms. The Bertz CT molecular complexity index is 535. The summed E-state index contributed by atoms with van der Waals surface area (Å²) in [6.07, 6.45) is 0. The standard InChI is InChI=1S/C13H17N3OS.ClH/c1-13(2,8-14)12(17)15-7-11-16-9-5-3-4-6-10(9)18-11;/h3-6H,7-8,14H2,1-2H3,(H,15,17);1H. The molecule has 3 N–H and O–H groups in total. The molecule has 0 saturated heterocycles. The maximum Gasteiger partial charge on any atom is 0.227 e. The van der Waals surface area contributed by atoms with E-state index >= 15 is 0 Å². The van der Waals surface area contributed by atoms with Crippen LogP contribution in [0.4, 0.5) is 0 Å². The molecule has 2 aromatic rings. The Morgan fingerprint density at radius 2 is 2.11 bits per heavy atom. The van der Waals surface area contributed by atoms with E-state index in [1.54, 1.807) is 11.3 Å². The Balaban J connectivity index is 0.00000180. The number of rotatable bonds is 4. The van der Waals surface area contributed by atoms with Gasteiger partial charge >= 0.3 is 0 Å². The second kappa shape index (κ2) is 6.32. The lowest BCUT2D eigenvalue weighted by Crippen LogP contribution is -2.41. The molecule has 1 aromatic heterocycles. The van der Waals surface area contributed by atoms with Gasteiger partial charge in [0.05, 0.1) is 22.2 Å². The molecule has 0 radical (unpaired) electrons. The van der Waals surface area contributed by atoms with Crippen LogP contribution in [0.5, 0.6) is 0 Å². The summed E-state index contributed by atoms with van der Waals surface area (Å²) >= 11 is 1.60. The summed E-state index contributed by atoms with van der Waals surface area (Å²) in [6.45, 7) is 4.46. The minimum absolute atomic E-state index is 0. The van der Waals surface area contributed by atoms with Crippen LogP contribution < -0.4 is 11.1 Å². The largest absolute Gasteiger partial charge is 0.349 e. The first-order valence-corrected chi connectivity index (χ1v) is 6.67. The summed E-state index contributed by atoms with van der Waals surface area (Å²) in [7, 11) is 0. The van der Waals surface area contributed by atoms with Gasteiger partial charge in [-0.3, -0.25) is 4.79 Å². The number of amides is 1. The maximum atomic E-state index is 11.9. The molecule has 2 rings (SSSR count). The zero-order chi connectivity index (χ0) is 13.2. The van der Waals surface area contributed by atoms with Crippen LogP contribution in [0.1, 0.15) is 18.9 Å². The third kappa shape index (κ3) is 3.65. The summed E-state index contributed by atoms with van der Waals surface area (Å²) in [4.78, 5) is 16.3. The molecule has 0 aliphatic carbocycles. The molecule has 19 heavy (non-hydrogen) atoms. The Morgan fingerprint density at radius 3 is 2.74 bits per heavy atom. The third-order valence-corrected chi connectivity index (χ3v) is 3.90. The summed E-state index contributed by atoms with van der Waals surface area (Å²) in [5.74, 6) is -0.0377. The van der Waals surface area contributed by atoms with Crippen molar-refractivity contribution < 1.29 is 4.79 Å². The van der Waals surface area contributed by atoms with E-state index in [1.807, 2.05) is 38.1 Å². The molecule has 0 saturated carbocycles. The number of nitrogens with two attached hydrogens (primary N) is 1. The van der Waals surface area contributed by atoms with Crippen molar-refractivity contribution in [1.29, 1.82) is 0 Å². The lowest BCUT2D eigenvalue weighted by atomic mass is 9.93. The molecular formula is C13H18ClN3OS.